The van der Waals surface area contributed by atoms with Crippen molar-refractivity contribution in [2.24, 2.45) is 0 Å². The van der Waals surface area contributed by atoms with Gasteiger partial charge in [-0.3, -0.25) is 4.79 Å². The molecule has 0 saturated carbocycles. The van der Waals surface area contributed by atoms with Gasteiger partial charge >= 0.3 is 0 Å². The molecule has 1 aliphatic heterocycles. The number of anilines is 1. The van der Waals surface area contributed by atoms with Gasteiger partial charge in [-0.2, -0.15) is 4.31 Å². The third-order valence-corrected chi connectivity index (χ3v) is 6.23. The minimum Gasteiger partial charge on any atom is -0.492 e. The van der Waals surface area contributed by atoms with Crippen molar-refractivity contribution in [2.75, 3.05) is 25.0 Å². The summed E-state index contributed by atoms with van der Waals surface area (Å²) < 4.78 is 46.6. The predicted molar refractivity (Wildman–Crippen MR) is 100.0 cm³/mol. The standard InChI is InChI=1S/C19H21FN2O4S/c1-2-26-17-10-9-14(19(23)21-16-8-4-3-7-15(16)20)13-18(17)27(24,25)22-11-5-6-12-22/h3-4,7-10,13H,2,5-6,11-12H2,1H3,(H,21,23). The number of carbonyl (C=O) groups excluding carboxylic acids is 1. The van der Waals surface area contributed by atoms with Crippen LogP contribution in [0.15, 0.2) is 47.4 Å². The van der Waals surface area contributed by atoms with E-state index in [2.05, 4.69) is 5.32 Å². The van der Waals surface area contributed by atoms with Gasteiger partial charge in [-0.15, -0.1) is 0 Å². The Morgan fingerprint density at radius 3 is 2.56 bits per heavy atom. The van der Waals surface area contributed by atoms with Crippen molar-refractivity contribution in [1.82, 2.24) is 4.31 Å². The maximum absolute atomic E-state index is 13.8. The van der Waals surface area contributed by atoms with Crippen LogP contribution in [-0.4, -0.2) is 38.3 Å². The van der Waals surface area contributed by atoms with E-state index in [-0.39, 0.29) is 21.9 Å². The van der Waals surface area contributed by atoms with Gasteiger partial charge in [-0.1, -0.05) is 12.1 Å². The van der Waals surface area contributed by atoms with Crippen molar-refractivity contribution >= 4 is 21.6 Å². The Morgan fingerprint density at radius 1 is 1.19 bits per heavy atom. The van der Waals surface area contributed by atoms with Crippen molar-refractivity contribution in [3.05, 3.63) is 53.8 Å². The number of sulfonamides is 1. The maximum Gasteiger partial charge on any atom is 0.255 e. The van der Waals surface area contributed by atoms with Gasteiger partial charge in [-0.25, -0.2) is 12.8 Å². The lowest BCUT2D eigenvalue weighted by Crippen LogP contribution is -2.28. The highest BCUT2D eigenvalue weighted by atomic mass is 32.2. The van der Waals surface area contributed by atoms with Crippen molar-refractivity contribution in [3.63, 3.8) is 0 Å². The number of hydrogen-bond acceptors (Lipinski definition) is 4. The Labute approximate surface area is 158 Å². The summed E-state index contributed by atoms with van der Waals surface area (Å²) in [5, 5.41) is 2.46. The number of carbonyl (C=O) groups is 1. The molecule has 2 aromatic rings. The SMILES string of the molecule is CCOc1ccc(C(=O)Nc2ccccc2F)cc1S(=O)(=O)N1CCCC1. The zero-order valence-electron chi connectivity index (χ0n) is 14.9. The summed E-state index contributed by atoms with van der Waals surface area (Å²) in [5.74, 6) is -0.963. The van der Waals surface area contributed by atoms with E-state index in [4.69, 9.17) is 4.74 Å². The van der Waals surface area contributed by atoms with Gasteiger partial charge in [0.05, 0.1) is 12.3 Å². The smallest absolute Gasteiger partial charge is 0.255 e. The molecular formula is C19H21FN2O4S. The van der Waals surface area contributed by atoms with Crippen LogP contribution in [0.2, 0.25) is 0 Å². The molecule has 0 radical (unpaired) electrons. The van der Waals surface area contributed by atoms with Crippen LogP contribution in [-0.2, 0) is 10.0 Å². The first-order valence-electron chi connectivity index (χ1n) is 8.76. The fourth-order valence-electron chi connectivity index (χ4n) is 2.95. The zero-order valence-corrected chi connectivity index (χ0v) is 15.8. The normalized spacial score (nSPS) is 14.9. The number of hydrogen-bond donors (Lipinski definition) is 1. The third-order valence-electron chi connectivity index (χ3n) is 4.31. The summed E-state index contributed by atoms with van der Waals surface area (Å²) in [7, 11) is -3.77. The lowest BCUT2D eigenvalue weighted by molar-refractivity contribution is 0.102. The van der Waals surface area contributed by atoms with E-state index < -0.39 is 21.7 Å². The van der Waals surface area contributed by atoms with Gasteiger partial charge in [0, 0.05) is 18.7 Å². The average Bonchev–Trinajstić information content (AvgIpc) is 3.19. The Bertz CT molecular complexity index is 940. The first-order chi connectivity index (χ1) is 12.9. The molecular weight excluding hydrogens is 371 g/mol. The molecule has 1 N–H and O–H groups in total. The van der Waals surface area contributed by atoms with Crippen LogP contribution in [0.3, 0.4) is 0 Å². The number of nitrogens with one attached hydrogen (secondary N) is 1. The van der Waals surface area contributed by atoms with E-state index in [1.807, 2.05) is 0 Å². The van der Waals surface area contributed by atoms with E-state index in [1.165, 1.54) is 40.7 Å². The molecule has 8 heteroatoms. The topological polar surface area (TPSA) is 75.7 Å². The Hall–Kier alpha value is -2.45. The van der Waals surface area contributed by atoms with Crippen LogP contribution in [0.25, 0.3) is 0 Å². The van der Waals surface area contributed by atoms with E-state index in [0.29, 0.717) is 19.7 Å². The summed E-state index contributed by atoms with van der Waals surface area (Å²) in [5.41, 5.74) is 0.139. The second-order valence-corrected chi connectivity index (χ2v) is 8.05. The molecule has 144 valence electrons. The monoisotopic (exact) mass is 392 g/mol. The maximum atomic E-state index is 13.8. The molecule has 1 amide bonds. The summed E-state index contributed by atoms with van der Waals surface area (Å²) >= 11 is 0. The zero-order chi connectivity index (χ0) is 19.4. The number of amides is 1. The van der Waals surface area contributed by atoms with E-state index in [9.17, 15) is 17.6 Å². The molecule has 6 nitrogen and oxygen atoms in total. The summed E-state index contributed by atoms with van der Waals surface area (Å²) in [4.78, 5) is 12.5. The highest BCUT2D eigenvalue weighted by Gasteiger charge is 2.30. The molecule has 0 aromatic heterocycles. The second-order valence-electron chi connectivity index (χ2n) is 6.14. The van der Waals surface area contributed by atoms with E-state index >= 15 is 0 Å². The lowest BCUT2D eigenvalue weighted by Gasteiger charge is -2.19. The molecule has 0 bridgehead atoms. The van der Waals surface area contributed by atoms with Crippen LogP contribution in [0, 0.1) is 5.82 Å². The molecule has 1 fully saturated rings. The first kappa shape index (κ1) is 19.3. The van der Waals surface area contributed by atoms with Gasteiger partial charge in [-0.05, 0) is 50.1 Å². The van der Waals surface area contributed by atoms with Crippen molar-refractivity contribution in [3.8, 4) is 5.75 Å². The minimum absolute atomic E-state index is 0.0281. The predicted octanol–water partition coefficient (Wildman–Crippen LogP) is 3.26. The van der Waals surface area contributed by atoms with Gasteiger partial charge < -0.3 is 10.1 Å². The van der Waals surface area contributed by atoms with Gasteiger partial charge in [0.2, 0.25) is 10.0 Å². The Balaban J connectivity index is 1.95. The van der Waals surface area contributed by atoms with Crippen LogP contribution in [0.5, 0.6) is 5.75 Å². The summed E-state index contributed by atoms with van der Waals surface area (Å²) in [6.07, 6.45) is 1.60. The Kier molecular flexibility index (Phi) is 5.76. The quantitative estimate of drug-likeness (QED) is 0.819. The molecule has 3 rings (SSSR count). The molecule has 0 aliphatic carbocycles. The molecule has 0 atom stereocenters. The first-order valence-corrected chi connectivity index (χ1v) is 10.2. The molecule has 1 saturated heterocycles. The molecule has 0 spiro atoms. The van der Waals surface area contributed by atoms with Crippen LogP contribution >= 0.6 is 0 Å². The number of ether oxygens (including phenoxy) is 1. The third kappa shape index (κ3) is 4.12. The van der Waals surface area contributed by atoms with Gasteiger partial charge in [0.15, 0.2) is 0 Å². The molecule has 0 unspecified atom stereocenters. The summed E-state index contributed by atoms with van der Waals surface area (Å²) in [6, 6.07) is 9.99. The molecule has 1 aliphatic rings. The fraction of sp³-hybridized carbons (Fsp3) is 0.316. The molecule has 27 heavy (non-hydrogen) atoms. The highest BCUT2D eigenvalue weighted by molar-refractivity contribution is 7.89. The van der Waals surface area contributed by atoms with Crippen molar-refractivity contribution in [2.45, 2.75) is 24.7 Å². The van der Waals surface area contributed by atoms with Crippen LogP contribution < -0.4 is 10.1 Å². The Morgan fingerprint density at radius 2 is 1.89 bits per heavy atom. The van der Waals surface area contributed by atoms with Crippen LogP contribution in [0.4, 0.5) is 10.1 Å². The summed E-state index contributed by atoms with van der Waals surface area (Å²) in [6.45, 7) is 2.94. The second kappa shape index (κ2) is 8.06. The largest absolute Gasteiger partial charge is 0.492 e. The molecule has 2 aromatic carbocycles. The number of nitrogens with zero attached hydrogens (tertiary/aromatic N) is 1. The van der Waals surface area contributed by atoms with Crippen molar-refractivity contribution < 1.29 is 22.3 Å². The number of rotatable bonds is 6. The van der Waals surface area contributed by atoms with Crippen molar-refractivity contribution in [1.29, 1.82) is 0 Å². The number of para-hydroxylation sites is 1. The lowest BCUT2D eigenvalue weighted by atomic mass is 10.2. The average molecular weight is 392 g/mol. The van der Waals surface area contributed by atoms with Gasteiger partial charge in [0.25, 0.3) is 5.91 Å². The number of halogens is 1. The highest BCUT2D eigenvalue weighted by Crippen LogP contribution is 2.30. The van der Waals surface area contributed by atoms with E-state index in [1.54, 1.807) is 13.0 Å². The molecule has 1 heterocycles. The van der Waals surface area contributed by atoms with E-state index in [0.717, 1.165) is 12.8 Å². The van der Waals surface area contributed by atoms with Gasteiger partial charge in [0.1, 0.15) is 16.5 Å². The number of benzene rings is 2. The van der Waals surface area contributed by atoms with Crippen LogP contribution in [0.1, 0.15) is 30.1 Å². The fourth-order valence-corrected chi connectivity index (χ4v) is 4.62. The minimum atomic E-state index is -3.77.